The molecule has 0 fully saturated rings. The quantitative estimate of drug-likeness (QED) is 0.596. The summed E-state index contributed by atoms with van der Waals surface area (Å²) in [4.78, 5) is 24.1. The Bertz CT molecular complexity index is 803. The summed E-state index contributed by atoms with van der Waals surface area (Å²) in [7, 11) is 0. The highest BCUT2D eigenvalue weighted by atomic mass is 16.6. The average molecular weight is 332 g/mol. The molecule has 24 heavy (non-hydrogen) atoms. The fourth-order valence-corrected chi connectivity index (χ4v) is 2.79. The zero-order valence-electron chi connectivity index (χ0n) is 14.9. The maximum atomic E-state index is 12.1. The van der Waals surface area contributed by atoms with Gasteiger partial charge < -0.3 is 13.9 Å². The van der Waals surface area contributed by atoms with Crippen molar-refractivity contribution in [3.8, 4) is 5.75 Å². The summed E-state index contributed by atoms with van der Waals surface area (Å²) in [6, 6.07) is 3.68. The molecule has 0 aliphatic heterocycles. The molecular formula is C19H24O5. The summed E-state index contributed by atoms with van der Waals surface area (Å²) in [5.41, 5.74) is 2.51. The predicted octanol–water partition coefficient (Wildman–Crippen LogP) is 3.69. The zero-order valence-corrected chi connectivity index (χ0v) is 14.9. The van der Waals surface area contributed by atoms with Crippen molar-refractivity contribution in [2.24, 2.45) is 0 Å². The van der Waals surface area contributed by atoms with Gasteiger partial charge in [-0.1, -0.05) is 13.8 Å². The fourth-order valence-electron chi connectivity index (χ4n) is 2.79. The van der Waals surface area contributed by atoms with Crippen LogP contribution in [-0.4, -0.2) is 18.7 Å². The molecule has 1 unspecified atom stereocenters. The van der Waals surface area contributed by atoms with Gasteiger partial charge in [0.2, 0.25) is 0 Å². The maximum Gasteiger partial charge on any atom is 0.347 e. The third kappa shape index (κ3) is 3.30. The van der Waals surface area contributed by atoms with Crippen LogP contribution in [0.5, 0.6) is 5.75 Å². The van der Waals surface area contributed by atoms with E-state index >= 15 is 0 Å². The molecule has 5 heteroatoms. The van der Waals surface area contributed by atoms with E-state index < -0.39 is 12.1 Å². The van der Waals surface area contributed by atoms with Crippen molar-refractivity contribution in [1.29, 1.82) is 0 Å². The average Bonchev–Trinajstić information content (AvgIpc) is 2.55. The molecule has 0 amide bonds. The van der Waals surface area contributed by atoms with Crippen molar-refractivity contribution < 1.29 is 18.7 Å². The van der Waals surface area contributed by atoms with Crippen molar-refractivity contribution in [2.45, 2.75) is 53.6 Å². The van der Waals surface area contributed by atoms with E-state index in [0.717, 1.165) is 10.9 Å². The second kappa shape index (κ2) is 7.51. The van der Waals surface area contributed by atoms with Crippen molar-refractivity contribution in [2.75, 3.05) is 6.61 Å². The van der Waals surface area contributed by atoms with Gasteiger partial charge >= 0.3 is 11.6 Å². The summed E-state index contributed by atoms with van der Waals surface area (Å²) in [5.74, 6) is 0.132. The Kier molecular flexibility index (Phi) is 5.65. The van der Waals surface area contributed by atoms with E-state index in [1.165, 1.54) is 0 Å². The molecule has 0 radical (unpaired) electrons. The normalized spacial score (nSPS) is 12.2. The smallest absolute Gasteiger partial charge is 0.347 e. The molecule has 2 rings (SSSR count). The number of hydrogen-bond donors (Lipinski definition) is 0. The molecule has 1 heterocycles. The highest BCUT2D eigenvalue weighted by Gasteiger charge is 2.22. The Hall–Kier alpha value is -2.30. The van der Waals surface area contributed by atoms with Gasteiger partial charge in [0.05, 0.1) is 6.61 Å². The lowest BCUT2D eigenvalue weighted by Gasteiger charge is -2.18. The molecule has 0 saturated carbocycles. The number of aryl methyl sites for hydroxylation is 2. The van der Waals surface area contributed by atoms with Crippen molar-refractivity contribution >= 4 is 16.9 Å². The molecule has 2 aromatic rings. The van der Waals surface area contributed by atoms with Gasteiger partial charge in [0.15, 0.2) is 6.10 Å². The van der Waals surface area contributed by atoms with E-state index in [4.69, 9.17) is 13.9 Å². The summed E-state index contributed by atoms with van der Waals surface area (Å²) >= 11 is 0. The molecule has 0 bridgehead atoms. The standard InChI is InChI=1S/C19H24O5/c1-6-13-11(4)14-9-10-16(12(5)17(14)24-18(13)20)23-15(7-2)19(21)22-8-3/h9-10,15H,6-8H2,1-5H3. The lowest BCUT2D eigenvalue weighted by molar-refractivity contribution is -0.151. The Morgan fingerprint density at radius 2 is 1.88 bits per heavy atom. The molecule has 5 nitrogen and oxygen atoms in total. The van der Waals surface area contributed by atoms with Gasteiger partial charge in [-0.15, -0.1) is 0 Å². The van der Waals surface area contributed by atoms with Crippen LogP contribution in [0, 0.1) is 13.8 Å². The van der Waals surface area contributed by atoms with Crippen LogP contribution in [-0.2, 0) is 16.0 Å². The Morgan fingerprint density at radius 1 is 1.17 bits per heavy atom. The predicted molar refractivity (Wildman–Crippen MR) is 92.7 cm³/mol. The molecule has 0 spiro atoms. The highest BCUT2D eigenvalue weighted by molar-refractivity contribution is 5.85. The van der Waals surface area contributed by atoms with Gasteiger partial charge in [0.1, 0.15) is 11.3 Å². The number of esters is 1. The third-order valence-electron chi connectivity index (χ3n) is 4.20. The fraction of sp³-hybridized carbons (Fsp3) is 0.474. The van der Waals surface area contributed by atoms with Gasteiger partial charge in [-0.25, -0.2) is 9.59 Å². The van der Waals surface area contributed by atoms with Gasteiger partial charge in [-0.05, 0) is 51.3 Å². The minimum atomic E-state index is -0.677. The van der Waals surface area contributed by atoms with E-state index in [1.807, 2.05) is 39.8 Å². The van der Waals surface area contributed by atoms with Crippen molar-refractivity contribution in [1.82, 2.24) is 0 Å². The molecule has 0 N–H and O–H groups in total. The van der Waals surface area contributed by atoms with Crippen LogP contribution >= 0.6 is 0 Å². The van der Waals surface area contributed by atoms with Gasteiger partial charge in [0, 0.05) is 16.5 Å². The Morgan fingerprint density at radius 3 is 2.46 bits per heavy atom. The minimum Gasteiger partial charge on any atom is -0.478 e. The topological polar surface area (TPSA) is 65.7 Å². The number of carbonyl (C=O) groups excluding carboxylic acids is 1. The SMILES string of the molecule is CCOC(=O)C(CC)Oc1ccc2c(C)c(CC)c(=O)oc2c1C. The number of fused-ring (bicyclic) bond motifs is 1. The lowest BCUT2D eigenvalue weighted by atomic mass is 10.0. The first-order chi connectivity index (χ1) is 11.4. The van der Waals surface area contributed by atoms with E-state index in [1.54, 1.807) is 6.92 Å². The number of carbonyl (C=O) groups is 1. The highest BCUT2D eigenvalue weighted by Crippen LogP contribution is 2.30. The second-order valence-electron chi connectivity index (χ2n) is 5.68. The lowest BCUT2D eigenvalue weighted by Crippen LogP contribution is -2.29. The number of ether oxygens (including phenoxy) is 2. The molecule has 1 aromatic carbocycles. The molecule has 0 aliphatic carbocycles. The van der Waals surface area contributed by atoms with E-state index in [9.17, 15) is 9.59 Å². The first-order valence-electron chi connectivity index (χ1n) is 8.33. The first-order valence-corrected chi connectivity index (χ1v) is 8.33. The minimum absolute atomic E-state index is 0.309. The van der Waals surface area contributed by atoms with Crippen molar-refractivity contribution in [3.63, 3.8) is 0 Å². The van der Waals surface area contributed by atoms with E-state index in [0.29, 0.717) is 41.9 Å². The Balaban J connectivity index is 2.49. The largest absolute Gasteiger partial charge is 0.478 e. The monoisotopic (exact) mass is 332 g/mol. The van der Waals surface area contributed by atoms with E-state index in [2.05, 4.69) is 0 Å². The third-order valence-corrected chi connectivity index (χ3v) is 4.20. The van der Waals surface area contributed by atoms with Gasteiger partial charge in [-0.3, -0.25) is 0 Å². The maximum absolute atomic E-state index is 12.1. The van der Waals surface area contributed by atoms with Gasteiger partial charge in [-0.2, -0.15) is 0 Å². The number of hydrogen-bond acceptors (Lipinski definition) is 5. The molecular weight excluding hydrogens is 308 g/mol. The van der Waals surface area contributed by atoms with Crippen LogP contribution in [0.2, 0.25) is 0 Å². The molecule has 0 saturated heterocycles. The molecule has 1 aromatic heterocycles. The molecule has 0 aliphatic rings. The first kappa shape index (κ1) is 18.0. The number of benzene rings is 1. The van der Waals surface area contributed by atoms with Crippen LogP contribution in [0.4, 0.5) is 0 Å². The van der Waals surface area contributed by atoms with Crippen LogP contribution in [0.15, 0.2) is 21.3 Å². The second-order valence-corrected chi connectivity index (χ2v) is 5.68. The van der Waals surface area contributed by atoms with Crippen LogP contribution < -0.4 is 10.4 Å². The van der Waals surface area contributed by atoms with Gasteiger partial charge in [0.25, 0.3) is 0 Å². The Labute approximate surface area is 141 Å². The van der Waals surface area contributed by atoms with E-state index in [-0.39, 0.29) is 5.63 Å². The van der Waals surface area contributed by atoms with Crippen LogP contribution in [0.25, 0.3) is 11.0 Å². The summed E-state index contributed by atoms with van der Waals surface area (Å²) in [6.45, 7) is 9.60. The van der Waals surface area contributed by atoms with Crippen LogP contribution in [0.3, 0.4) is 0 Å². The molecule has 1 atom stereocenters. The van der Waals surface area contributed by atoms with Crippen LogP contribution in [0.1, 0.15) is 43.9 Å². The molecule has 130 valence electrons. The van der Waals surface area contributed by atoms with Crippen molar-refractivity contribution in [3.05, 3.63) is 39.2 Å². The number of rotatable bonds is 6. The summed E-state index contributed by atoms with van der Waals surface area (Å²) < 4.78 is 16.3. The zero-order chi connectivity index (χ0) is 17.9. The summed E-state index contributed by atoms with van der Waals surface area (Å²) in [5, 5.41) is 0.889. The summed E-state index contributed by atoms with van der Waals surface area (Å²) in [6.07, 6.45) is 0.444.